The summed E-state index contributed by atoms with van der Waals surface area (Å²) in [4.78, 5) is 24.2. The van der Waals surface area contributed by atoms with Gasteiger partial charge in [0, 0.05) is 21.5 Å². The summed E-state index contributed by atoms with van der Waals surface area (Å²) in [5.74, 6) is -0.445. The number of carbonyl (C=O) groups is 1. The van der Waals surface area contributed by atoms with Crippen LogP contribution in [0.3, 0.4) is 0 Å². The summed E-state index contributed by atoms with van der Waals surface area (Å²) >= 11 is 3.33. The van der Waals surface area contributed by atoms with E-state index in [0.717, 1.165) is 20.6 Å². The molecule has 0 radical (unpaired) electrons. The molecular weight excluding hydrogens is 396 g/mol. The second-order valence-electron chi connectivity index (χ2n) is 5.83. The van der Waals surface area contributed by atoms with Gasteiger partial charge in [0.1, 0.15) is 12.2 Å². The average molecular weight is 409 g/mol. The van der Waals surface area contributed by atoms with Gasteiger partial charge in [-0.05, 0) is 41.1 Å². The summed E-state index contributed by atoms with van der Waals surface area (Å²) in [5, 5.41) is 2.75. The predicted octanol–water partition coefficient (Wildman–Crippen LogP) is 5.07. The van der Waals surface area contributed by atoms with Gasteiger partial charge >= 0.3 is 11.6 Å². The Labute approximate surface area is 157 Å². The Morgan fingerprint density at radius 3 is 2.58 bits per heavy atom. The molecule has 0 saturated heterocycles. The lowest BCUT2D eigenvalue weighted by molar-refractivity contribution is 0.0474. The molecule has 1 heterocycles. The van der Waals surface area contributed by atoms with Gasteiger partial charge in [0.2, 0.25) is 0 Å². The molecule has 3 aromatic carbocycles. The largest absolute Gasteiger partial charge is 0.457 e. The summed E-state index contributed by atoms with van der Waals surface area (Å²) in [5.41, 5.74) is 1.08. The van der Waals surface area contributed by atoms with Crippen LogP contribution in [0.2, 0.25) is 0 Å². The third kappa shape index (κ3) is 3.13. The van der Waals surface area contributed by atoms with E-state index in [0.29, 0.717) is 16.7 Å². The minimum Gasteiger partial charge on any atom is -0.457 e. The van der Waals surface area contributed by atoms with Crippen LogP contribution in [0.5, 0.6) is 0 Å². The molecule has 4 rings (SSSR count). The highest BCUT2D eigenvalue weighted by atomic mass is 79.9. The molecule has 0 bridgehead atoms. The number of hydrogen-bond acceptors (Lipinski definition) is 4. The molecule has 1 aromatic heterocycles. The van der Waals surface area contributed by atoms with Crippen LogP contribution in [0.15, 0.2) is 80.4 Å². The summed E-state index contributed by atoms with van der Waals surface area (Å²) in [6.45, 7) is -0.00892. The second kappa shape index (κ2) is 6.77. The van der Waals surface area contributed by atoms with E-state index in [2.05, 4.69) is 15.9 Å². The molecule has 0 spiro atoms. The molecule has 0 fully saturated rings. The van der Waals surface area contributed by atoms with Gasteiger partial charge < -0.3 is 9.15 Å². The number of esters is 1. The van der Waals surface area contributed by atoms with E-state index in [1.54, 1.807) is 30.3 Å². The second-order valence-corrected chi connectivity index (χ2v) is 6.75. The van der Waals surface area contributed by atoms with Gasteiger partial charge in [0.25, 0.3) is 0 Å². The standard InChI is InChI=1S/C21H13BrO4/c22-16-8-5-14(6-9-16)21(24)25-12-15-11-19(23)26-18-10-7-13-3-1-2-4-17(13)20(15)18/h1-11H,12H2. The van der Waals surface area contributed by atoms with E-state index in [4.69, 9.17) is 9.15 Å². The lowest BCUT2D eigenvalue weighted by atomic mass is 10.0. The van der Waals surface area contributed by atoms with Crippen LogP contribution in [-0.2, 0) is 11.3 Å². The molecule has 0 saturated carbocycles. The third-order valence-corrected chi connectivity index (χ3v) is 4.68. The molecule has 5 heteroatoms. The fourth-order valence-corrected chi connectivity index (χ4v) is 3.21. The summed E-state index contributed by atoms with van der Waals surface area (Å²) in [6.07, 6.45) is 0. The first-order chi connectivity index (χ1) is 12.6. The van der Waals surface area contributed by atoms with Crippen molar-refractivity contribution < 1.29 is 13.9 Å². The molecule has 0 amide bonds. The Morgan fingerprint density at radius 1 is 1.00 bits per heavy atom. The number of benzene rings is 3. The van der Waals surface area contributed by atoms with Crippen LogP contribution in [0.25, 0.3) is 21.7 Å². The van der Waals surface area contributed by atoms with Crippen molar-refractivity contribution in [3.63, 3.8) is 0 Å². The van der Waals surface area contributed by atoms with Gasteiger partial charge in [-0.15, -0.1) is 0 Å². The lowest BCUT2D eigenvalue weighted by Gasteiger charge is -2.09. The zero-order valence-corrected chi connectivity index (χ0v) is 15.2. The third-order valence-electron chi connectivity index (χ3n) is 4.15. The number of rotatable bonds is 3. The first-order valence-electron chi connectivity index (χ1n) is 7.99. The average Bonchev–Trinajstić information content (AvgIpc) is 2.66. The maximum atomic E-state index is 12.3. The predicted molar refractivity (Wildman–Crippen MR) is 103 cm³/mol. The molecule has 4 nitrogen and oxygen atoms in total. The molecule has 0 unspecified atom stereocenters. The molecule has 0 N–H and O–H groups in total. The summed E-state index contributed by atoms with van der Waals surface area (Å²) in [7, 11) is 0. The molecule has 26 heavy (non-hydrogen) atoms. The molecule has 0 aliphatic carbocycles. The zero-order valence-electron chi connectivity index (χ0n) is 13.6. The van der Waals surface area contributed by atoms with Crippen molar-refractivity contribution in [1.29, 1.82) is 0 Å². The zero-order chi connectivity index (χ0) is 18.1. The highest BCUT2D eigenvalue weighted by Crippen LogP contribution is 2.28. The fraction of sp³-hybridized carbons (Fsp3) is 0.0476. The van der Waals surface area contributed by atoms with Crippen molar-refractivity contribution in [2.24, 2.45) is 0 Å². The van der Waals surface area contributed by atoms with Crippen LogP contribution in [-0.4, -0.2) is 5.97 Å². The van der Waals surface area contributed by atoms with Crippen molar-refractivity contribution in [2.75, 3.05) is 0 Å². The Hall–Kier alpha value is -2.92. The SMILES string of the molecule is O=C(OCc1cc(=O)oc2ccc3ccccc3c12)c1ccc(Br)cc1. The van der Waals surface area contributed by atoms with E-state index in [1.165, 1.54) is 6.07 Å². The molecule has 128 valence electrons. The van der Waals surface area contributed by atoms with Crippen LogP contribution in [0.1, 0.15) is 15.9 Å². The minimum atomic E-state index is -0.470. The van der Waals surface area contributed by atoms with Gasteiger partial charge in [-0.25, -0.2) is 9.59 Å². The van der Waals surface area contributed by atoms with Gasteiger partial charge in [-0.3, -0.25) is 0 Å². The van der Waals surface area contributed by atoms with Gasteiger partial charge in [0.05, 0.1) is 5.56 Å². The van der Waals surface area contributed by atoms with Crippen molar-refractivity contribution in [2.45, 2.75) is 6.61 Å². The normalized spacial score (nSPS) is 11.0. The first kappa shape index (κ1) is 16.5. The highest BCUT2D eigenvalue weighted by molar-refractivity contribution is 9.10. The first-order valence-corrected chi connectivity index (χ1v) is 8.78. The summed E-state index contributed by atoms with van der Waals surface area (Å²) in [6, 6.07) is 19.8. The molecule has 0 aliphatic rings. The van der Waals surface area contributed by atoms with Crippen LogP contribution in [0.4, 0.5) is 0 Å². The molecule has 0 aliphatic heterocycles. The number of halogens is 1. The summed E-state index contributed by atoms with van der Waals surface area (Å²) < 4.78 is 11.6. The van der Waals surface area contributed by atoms with Crippen molar-refractivity contribution in [1.82, 2.24) is 0 Å². The fourth-order valence-electron chi connectivity index (χ4n) is 2.95. The quantitative estimate of drug-likeness (QED) is 0.270. The Kier molecular flexibility index (Phi) is 4.31. The van der Waals surface area contributed by atoms with Gasteiger partial charge in [-0.1, -0.05) is 46.3 Å². The van der Waals surface area contributed by atoms with Crippen LogP contribution >= 0.6 is 15.9 Å². The smallest absolute Gasteiger partial charge is 0.338 e. The monoisotopic (exact) mass is 408 g/mol. The molecular formula is C21H13BrO4. The molecule has 0 atom stereocenters. The number of fused-ring (bicyclic) bond motifs is 3. The van der Waals surface area contributed by atoms with E-state index < -0.39 is 11.6 Å². The van der Waals surface area contributed by atoms with E-state index in [-0.39, 0.29) is 6.61 Å². The van der Waals surface area contributed by atoms with E-state index in [9.17, 15) is 9.59 Å². The van der Waals surface area contributed by atoms with Crippen molar-refractivity contribution in [3.8, 4) is 0 Å². The van der Waals surface area contributed by atoms with Crippen molar-refractivity contribution in [3.05, 3.63) is 92.7 Å². The number of ether oxygens (including phenoxy) is 1. The minimum absolute atomic E-state index is 0.00892. The van der Waals surface area contributed by atoms with Gasteiger partial charge in [0.15, 0.2) is 0 Å². The van der Waals surface area contributed by atoms with Crippen LogP contribution < -0.4 is 5.63 Å². The Bertz CT molecular complexity index is 1180. The number of carbonyl (C=O) groups excluding carboxylic acids is 1. The maximum Gasteiger partial charge on any atom is 0.338 e. The molecule has 4 aromatic rings. The van der Waals surface area contributed by atoms with E-state index in [1.807, 2.05) is 30.3 Å². The Morgan fingerprint density at radius 2 is 1.77 bits per heavy atom. The Balaban J connectivity index is 1.73. The van der Waals surface area contributed by atoms with Crippen LogP contribution in [0, 0.1) is 0 Å². The van der Waals surface area contributed by atoms with Gasteiger partial charge in [-0.2, -0.15) is 0 Å². The maximum absolute atomic E-state index is 12.3. The number of hydrogen-bond donors (Lipinski definition) is 0. The lowest BCUT2D eigenvalue weighted by Crippen LogP contribution is -2.08. The topological polar surface area (TPSA) is 56.5 Å². The highest BCUT2D eigenvalue weighted by Gasteiger charge is 2.13. The van der Waals surface area contributed by atoms with Crippen molar-refractivity contribution >= 4 is 43.6 Å². The van der Waals surface area contributed by atoms with E-state index >= 15 is 0 Å².